The summed E-state index contributed by atoms with van der Waals surface area (Å²) < 4.78 is 3.23. The van der Waals surface area contributed by atoms with Crippen LogP contribution in [0.5, 0.6) is 0 Å². The van der Waals surface area contributed by atoms with Crippen LogP contribution in [0.25, 0.3) is 5.65 Å². The fourth-order valence-electron chi connectivity index (χ4n) is 3.39. The van der Waals surface area contributed by atoms with Crippen LogP contribution in [0.3, 0.4) is 0 Å². The number of hydrogen-bond acceptors (Lipinski definition) is 4. The fourth-order valence-corrected chi connectivity index (χ4v) is 3.39. The van der Waals surface area contributed by atoms with Crippen LogP contribution >= 0.6 is 0 Å². The van der Waals surface area contributed by atoms with Crippen LogP contribution in [0.4, 0.5) is 5.69 Å². The van der Waals surface area contributed by atoms with E-state index >= 15 is 0 Å². The maximum Gasteiger partial charge on any atom is 0.279 e. The predicted molar refractivity (Wildman–Crippen MR) is 95.0 cm³/mol. The van der Waals surface area contributed by atoms with Crippen molar-refractivity contribution >= 4 is 17.2 Å². The summed E-state index contributed by atoms with van der Waals surface area (Å²) in [6, 6.07) is 7.59. The molecule has 1 aliphatic heterocycles. The van der Waals surface area contributed by atoms with Gasteiger partial charge in [0.15, 0.2) is 5.65 Å². The summed E-state index contributed by atoms with van der Waals surface area (Å²) in [5, 5.41) is 10.3. The van der Waals surface area contributed by atoms with Gasteiger partial charge in [0.1, 0.15) is 5.56 Å². The molecule has 2 aromatic heterocycles. The lowest BCUT2D eigenvalue weighted by Gasteiger charge is -2.20. The molecule has 1 aromatic carbocycles. The van der Waals surface area contributed by atoms with Crippen LogP contribution in [0, 0.1) is 6.92 Å². The largest absolute Gasteiger partial charge is 0.332 e. The van der Waals surface area contributed by atoms with Gasteiger partial charge in [-0.1, -0.05) is 12.1 Å². The SMILES string of the molecule is Cc1cccc(NC(=O)c2cnn3c(=O)c4c(n(C)c23)CCNC4)c1. The van der Waals surface area contributed by atoms with E-state index in [1.165, 1.54) is 10.7 Å². The Morgan fingerprint density at radius 3 is 3.00 bits per heavy atom. The highest BCUT2D eigenvalue weighted by atomic mass is 16.2. The molecule has 7 heteroatoms. The second-order valence-electron chi connectivity index (χ2n) is 6.33. The molecule has 25 heavy (non-hydrogen) atoms. The first-order chi connectivity index (χ1) is 12.1. The molecule has 1 amide bonds. The molecule has 0 saturated heterocycles. The first-order valence-corrected chi connectivity index (χ1v) is 8.23. The zero-order valence-electron chi connectivity index (χ0n) is 14.2. The van der Waals surface area contributed by atoms with Gasteiger partial charge < -0.3 is 15.2 Å². The van der Waals surface area contributed by atoms with Gasteiger partial charge in [-0.05, 0) is 24.6 Å². The number of hydrogen-bond donors (Lipinski definition) is 2. The third-order valence-corrected chi connectivity index (χ3v) is 4.63. The number of carbonyl (C=O) groups is 1. The van der Waals surface area contributed by atoms with Crippen LogP contribution in [-0.4, -0.2) is 26.6 Å². The lowest BCUT2D eigenvalue weighted by atomic mass is 10.1. The van der Waals surface area contributed by atoms with E-state index in [2.05, 4.69) is 15.7 Å². The monoisotopic (exact) mass is 337 g/mol. The summed E-state index contributed by atoms with van der Waals surface area (Å²) >= 11 is 0. The van der Waals surface area contributed by atoms with Gasteiger partial charge in [-0.15, -0.1) is 0 Å². The van der Waals surface area contributed by atoms with Crippen LogP contribution < -0.4 is 16.2 Å². The van der Waals surface area contributed by atoms with Crippen molar-refractivity contribution in [2.24, 2.45) is 7.05 Å². The molecule has 0 unspecified atom stereocenters. The lowest BCUT2D eigenvalue weighted by molar-refractivity contribution is 0.102. The van der Waals surface area contributed by atoms with Crippen molar-refractivity contribution in [3.05, 3.63) is 63.2 Å². The first-order valence-electron chi connectivity index (χ1n) is 8.23. The maximum atomic E-state index is 12.7. The van der Waals surface area contributed by atoms with Crippen molar-refractivity contribution < 1.29 is 4.79 Å². The summed E-state index contributed by atoms with van der Waals surface area (Å²) in [4.78, 5) is 25.4. The number of fused-ring (bicyclic) bond motifs is 2. The van der Waals surface area contributed by atoms with Gasteiger partial charge in [-0.3, -0.25) is 9.59 Å². The molecule has 0 saturated carbocycles. The van der Waals surface area contributed by atoms with Crippen molar-refractivity contribution in [3.63, 3.8) is 0 Å². The molecular weight excluding hydrogens is 318 g/mol. The molecule has 0 radical (unpaired) electrons. The number of anilines is 1. The van der Waals surface area contributed by atoms with Crippen molar-refractivity contribution in [2.45, 2.75) is 19.9 Å². The third kappa shape index (κ3) is 2.53. The summed E-state index contributed by atoms with van der Waals surface area (Å²) in [5.41, 5.74) is 4.21. The number of amides is 1. The molecule has 4 rings (SSSR count). The van der Waals surface area contributed by atoms with E-state index < -0.39 is 0 Å². The van der Waals surface area contributed by atoms with Gasteiger partial charge in [0.05, 0.1) is 11.8 Å². The van der Waals surface area contributed by atoms with E-state index in [-0.39, 0.29) is 11.5 Å². The molecule has 7 nitrogen and oxygen atoms in total. The second kappa shape index (κ2) is 5.86. The van der Waals surface area contributed by atoms with Crippen LogP contribution in [0.2, 0.25) is 0 Å². The minimum absolute atomic E-state index is 0.162. The highest BCUT2D eigenvalue weighted by molar-refractivity contribution is 6.08. The first kappa shape index (κ1) is 15.6. The van der Waals surface area contributed by atoms with Gasteiger partial charge in [0.25, 0.3) is 11.5 Å². The van der Waals surface area contributed by atoms with Crippen LogP contribution in [0.1, 0.15) is 27.2 Å². The second-order valence-corrected chi connectivity index (χ2v) is 6.33. The van der Waals surface area contributed by atoms with Crippen molar-refractivity contribution in [3.8, 4) is 0 Å². The van der Waals surface area contributed by atoms with Gasteiger partial charge in [0, 0.05) is 37.9 Å². The number of carbonyl (C=O) groups excluding carboxylic acids is 1. The Kier molecular flexibility index (Phi) is 3.65. The molecular formula is C18H19N5O2. The topological polar surface area (TPSA) is 80.4 Å². The quantitative estimate of drug-likeness (QED) is 0.737. The average Bonchev–Trinajstić information content (AvgIpc) is 3.05. The van der Waals surface area contributed by atoms with Gasteiger partial charge in [0.2, 0.25) is 0 Å². The summed E-state index contributed by atoms with van der Waals surface area (Å²) in [6.07, 6.45) is 2.21. The van der Waals surface area contributed by atoms with E-state index in [1.54, 1.807) is 0 Å². The van der Waals surface area contributed by atoms with Gasteiger partial charge in [-0.2, -0.15) is 9.61 Å². The van der Waals surface area contributed by atoms with Crippen molar-refractivity contribution in [1.29, 1.82) is 0 Å². The van der Waals surface area contributed by atoms with E-state index in [1.807, 2.05) is 42.8 Å². The molecule has 0 atom stereocenters. The predicted octanol–water partition coefficient (Wildman–Crippen LogP) is 1.24. The third-order valence-electron chi connectivity index (χ3n) is 4.63. The number of aromatic nitrogens is 3. The van der Waals surface area contributed by atoms with E-state index in [0.717, 1.165) is 35.5 Å². The number of aryl methyl sites for hydroxylation is 2. The van der Waals surface area contributed by atoms with Gasteiger partial charge >= 0.3 is 0 Å². The van der Waals surface area contributed by atoms with Gasteiger partial charge in [-0.25, -0.2) is 0 Å². The minimum atomic E-state index is -0.274. The molecule has 2 N–H and O–H groups in total. The summed E-state index contributed by atoms with van der Waals surface area (Å²) in [7, 11) is 1.88. The number of nitrogens with one attached hydrogen (secondary N) is 2. The molecule has 128 valence electrons. The lowest BCUT2D eigenvalue weighted by Crippen LogP contribution is -2.35. The Morgan fingerprint density at radius 1 is 1.36 bits per heavy atom. The van der Waals surface area contributed by atoms with Crippen LogP contribution in [0.15, 0.2) is 35.3 Å². The summed E-state index contributed by atoms with van der Waals surface area (Å²) in [5.74, 6) is -0.274. The molecule has 0 spiro atoms. The molecule has 1 aliphatic rings. The highest BCUT2D eigenvalue weighted by Gasteiger charge is 2.23. The zero-order valence-corrected chi connectivity index (χ0v) is 14.2. The standard InChI is InChI=1S/C18H19N5O2/c1-11-4-3-5-12(8-11)21-16(24)14-10-20-23-17(14)22(2)15-6-7-19-9-13(15)18(23)25/h3-5,8,10,19H,6-7,9H2,1-2H3,(H,21,24). The number of nitrogens with zero attached hydrogens (tertiary/aromatic N) is 3. The Bertz CT molecular complexity index is 1050. The maximum absolute atomic E-state index is 12.7. The van der Waals surface area contributed by atoms with Crippen LogP contribution in [-0.2, 0) is 20.0 Å². The molecule has 3 heterocycles. The number of benzene rings is 1. The Balaban J connectivity index is 1.82. The molecule has 0 aliphatic carbocycles. The molecule has 3 aromatic rings. The van der Waals surface area contributed by atoms with Crippen molar-refractivity contribution in [2.75, 3.05) is 11.9 Å². The Labute approximate surface area is 144 Å². The fraction of sp³-hybridized carbons (Fsp3) is 0.278. The van der Waals surface area contributed by atoms with E-state index in [0.29, 0.717) is 17.8 Å². The van der Waals surface area contributed by atoms with E-state index in [9.17, 15) is 9.59 Å². The van der Waals surface area contributed by atoms with Crippen molar-refractivity contribution in [1.82, 2.24) is 19.5 Å². The molecule has 0 fully saturated rings. The molecule has 0 bridgehead atoms. The highest BCUT2D eigenvalue weighted by Crippen LogP contribution is 2.18. The average molecular weight is 337 g/mol. The Morgan fingerprint density at radius 2 is 2.20 bits per heavy atom. The summed E-state index contributed by atoms with van der Waals surface area (Å²) in [6.45, 7) is 3.31. The van der Waals surface area contributed by atoms with E-state index in [4.69, 9.17) is 0 Å². The smallest absolute Gasteiger partial charge is 0.279 e. The number of rotatable bonds is 2. The normalized spacial score (nSPS) is 13.7. The minimum Gasteiger partial charge on any atom is -0.332 e. The Hall–Kier alpha value is -2.93. The zero-order chi connectivity index (χ0) is 17.6.